The van der Waals surface area contributed by atoms with E-state index >= 15 is 0 Å². The van der Waals surface area contributed by atoms with Gasteiger partial charge < -0.3 is 10.2 Å². The molecular formula is C24H34N2O. The fraction of sp³-hybridized carbons (Fsp3) is 0.625. The van der Waals surface area contributed by atoms with Gasteiger partial charge in [-0.25, -0.2) is 0 Å². The molecule has 27 heavy (non-hydrogen) atoms. The van der Waals surface area contributed by atoms with E-state index in [1.165, 1.54) is 74.5 Å². The molecule has 1 N–H and O–H groups in total. The minimum Gasteiger partial charge on any atom is -0.334 e. The molecule has 1 unspecified atom stereocenters. The Bertz CT molecular complexity index is 675. The number of benzene rings is 1. The molecule has 1 atom stereocenters. The van der Waals surface area contributed by atoms with Gasteiger partial charge in [-0.2, -0.15) is 0 Å². The quantitative estimate of drug-likeness (QED) is 0.761. The molecule has 1 aliphatic heterocycles. The van der Waals surface area contributed by atoms with Crippen molar-refractivity contribution in [3.8, 4) is 0 Å². The summed E-state index contributed by atoms with van der Waals surface area (Å²) in [5.41, 5.74) is 4.36. The Balaban J connectivity index is 1.44. The minimum absolute atomic E-state index is 0.288. The van der Waals surface area contributed by atoms with E-state index in [4.69, 9.17) is 0 Å². The second-order valence-electron chi connectivity index (χ2n) is 8.59. The molecule has 3 nitrogen and oxygen atoms in total. The van der Waals surface area contributed by atoms with Crippen LogP contribution in [0.4, 0.5) is 0 Å². The number of carbonyl (C=O) groups excluding carboxylic acids is 1. The van der Waals surface area contributed by atoms with Gasteiger partial charge in [-0.05, 0) is 62.0 Å². The second-order valence-corrected chi connectivity index (χ2v) is 8.59. The molecule has 3 heteroatoms. The maximum atomic E-state index is 13.1. The van der Waals surface area contributed by atoms with Gasteiger partial charge in [0.05, 0.1) is 12.6 Å². The molecule has 3 aliphatic rings. The predicted octanol–water partition coefficient (Wildman–Crippen LogP) is 4.78. The zero-order valence-corrected chi connectivity index (χ0v) is 16.6. The van der Waals surface area contributed by atoms with Gasteiger partial charge in [-0.1, -0.05) is 55.2 Å². The lowest BCUT2D eigenvalue weighted by Crippen LogP contribution is -2.47. The molecule has 1 amide bonds. The first-order valence-corrected chi connectivity index (χ1v) is 11.1. The number of nitrogens with one attached hydrogen (secondary N) is 1. The van der Waals surface area contributed by atoms with Crippen LogP contribution in [0.25, 0.3) is 0 Å². The van der Waals surface area contributed by atoms with Crippen LogP contribution in [0.1, 0.15) is 75.0 Å². The highest BCUT2D eigenvalue weighted by molar-refractivity contribution is 5.79. The first-order chi connectivity index (χ1) is 13.3. The molecule has 0 bridgehead atoms. The highest BCUT2D eigenvalue weighted by Crippen LogP contribution is 2.41. The van der Waals surface area contributed by atoms with Gasteiger partial charge in [0.1, 0.15) is 0 Å². The molecule has 0 saturated heterocycles. The normalized spacial score (nSPS) is 23.6. The average molecular weight is 367 g/mol. The molecular weight excluding hydrogens is 332 g/mol. The lowest BCUT2D eigenvalue weighted by Gasteiger charge is -2.43. The fourth-order valence-corrected chi connectivity index (χ4v) is 5.33. The van der Waals surface area contributed by atoms with Crippen LogP contribution in [-0.4, -0.2) is 30.4 Å². The Hall–Kier alpha value is -1.61. The fourth-order valence-electron chi connectivity index (χ4n) is 5.33. The van der Waals surface area contributed by atoms with Gasteiger partial charge in [0.15, 0.2) is 0 Å². The van der Waals surface area contributed by atoms with Gasteiger partial charge in [0.25, 0.3) is 0 Å². The number of nitrogens with zero attached hydrogens (tertiary/aromatic N) is 1. The summed E-state index contributed by atoms with van der Waals surface area (Å²) in [6.07, 6.45) is 14.9. The summed E-state index contributed by atoms with van der Waals surface area (Å²) in [7, 11) is 0. The van der Waals surface area contributed by atoms with Crippen molar-refractivity contribution in [1.29, 1.82) is 0 Å². The van der Waals surface area contributed by atoms with E-state index in [-0.39, 0.29) is 5.91 Å². The molecule has 0 aromatic heterocycles. The van der Waals surface area contributed by atoms with Gasteiger partial charge in [-0.3, -0.25) is 4.79 Å². The van der Waals surface area contributed by atoms with Crippen LogP contribution in [0.5, 0.6) is 0 Å². The summed E-state index contributed by atoms with van der Waals surface area (Å²) in [6, 6.07) is 9.12. The van der Waals surface area contributed by atoms with Crippen molar-refractivity contribution in [3.63, 3.8) is 0 Å². The summed E-state index contributed by atoms with van der Waals surface area (Å²) in [6.45, 7) is 2.23. The second kappa shape index (κ2) is 9.05. The van der Waals surface area contributed by atoms with Crippen LogP contribution in [-0.2, 0) is 11.2 Å². The van der Waals surface area contributed by atoms with Crippen molar-refractivity contribution in [1.82, 2.24) is 10.2 Å². The molecule has 2 aliphatic carbocycles. The average Bonchev–Trinajstić information content (AvgIpc) is 2.74. The predicted molar refractivity (Wildman–Crippen MR) is 111 cm³/mol. The number of hydrogen-bond donors (Lipinski definition) is 1. The van der Waals surface area contributed by atoms with E-state index in [0.29, 0.717) is 18.5 Å². The smallest absolute Gasteiger partial charge is 0.237 e. The maximum Gasteiger partial charge on any atom is 0.237 e. The minimum atomic E-state index is 0.288. The van der Waals surface area contributed by atoms with Crippen LogP contribution in [0.3, 0.4) is 0 Å². The van der Waals surface area contributed by atoms with Crippen LogP contribution in [0.2, 0.25) is 0 Å². The molecule has 1 fully saturated rings. The molecule has 1 saturated carbocycles. The first-order valence-electron chi connectivity index (χ1n) is 11.1. The highest BCUT2D eigenvalue weighted by atomic mass is 16.2. The summed E-state index contributed by atoms with van der Waals surface area (Å²) in [5.74, 6) is 0.918. The first kappa shape index (κ1) is 18.7. The van der Waals surface area contributed by atoms with Crippen LogP contribution >= 0.6 is 0 Å². The summed E-state index contributed by atoms with van der Waals surface area (Å²) >= 11 is 0. The van der Waals surface area contributed by atoms with Crippen LogP contribution in [0.15, 0.2) is 35.9 Å². The van der Waals surface area contributed by atoms with Crippen molar-refractivity contribution < 1.29 is 4.79 Å². The van der Waals surface area contributed by atoms with Gasteiger partial charge >= 0.3 is 0 Å². The van der Waals surface area contributed by atoms with Crippen LogP contribution < -0.4 is 5.32 Å². The molecule has 146 valence electrons. The third kappa shape index (κ3) is 4.45. The number of allylic oxidation sites excluding steroid dienone is 1. The Morgan fingerprint density at radius 1 is 1.04 bits per heavy atom. The molecule has 1 aromatic rings. The number of hydrogen-bond acceptors (Lipinski definition) is 2. The largest absolute Gasteiger partial charge is 0.334 e. The molecule has 0 radical (unpaired) electrons. The number of fused-ring (bicyclic) bond motifs is 1. The lowest BCUT2D eigenvalue weighted by molar-refractivity contribution is -0.134. The SMILES string of the molecule is O=C(CNCC1=CCCCC1)N1CCc2ccccc2C1C1CCCCC1. The van der Waals surface area contributed by atoms with Gasteiger partial charge in [-0.15, -0.1) is 0 Å². The van der Waals surface area contributed by atoms with E-state index in [0.717, 1.165) is 19.5 Å². The summed E-state index contributed by atoms with van der Waals surface area (Å²) in [4.78, 5) is 15.4. The third-order valence-corrected chi connectivity index (χ3v) is 6.76. The Morgan fingerprint density at radius 2 is 1.89 bits per heavy atom. The van der Waals surface area contributed by atoms with Crippen molar-refractivity contribution >= 4 is 5.91 Å². The van der Waals surface area contributed by atoms with Crippen molar-refractivity contribution in [2.45, 2.75) is 70.3 Å². The summed E-state index contributed by atoms with van der Waals surface area (Å²) < 4.78 is 0. The number of carbonyl (C=O) groups is 1. The summed E-state index contributed by atoms with van der Waals surface area (Å²) in [5, 5.41) is 3.44. The van der Waals surface area contributed by atoms with E-state index < -0.39 is 0 Å². The maximum absolute atomic E-state index is 13.1. The van der Waals surface area contributed by atoms with Crippen LogP contribution in [0, 0.1) is 5.92 Å². The zero-order chi connectivity index (χ0) is 18.5. The number of rotatable bonds is 5. The Morgan fingerprint density at radius 3 is 2.70 bits per heavy atom. The number of amides is 1. The highest BCUT2D eigenvalue weighted by Gasteiger charge is 2.36. The molecule has 1 aromatic carbocycles. The standard InChI is InChI=1S/C24H34N2O/c27-23(18-25-17-19-9-3-1-4-10-19)26-16-15-20-11-7-8-14-22(20)24(26)21-12-5-2-6-13-21/h7-9,11,14,21,24-25H,1-6,10,12-13,15-18H2. The third-order valence-electron chi connectivity index (χ3n) is 6.76. The van der Waals surface area contributed by atoms with Gasteiger partial charge in [0, 0.05) is 13.1 Å². The molecule has 4 rings (SSSR count). The van der Waals surface area contributed by atoms with Crippen molar-refractivity contribution in [2.75, 3.05) is 19.6 Å². The molecule has 1 heterocycles. The molecule has 0 spiro atoms. The van der Waals surface area contributed by atoms with E-state index in [1.807, 2.05) is 0 Å². The Kier molecular flexibility index (Phi) is 6.28. The zero-order valence-electron chi connectivity index (χ0n) is 16.6. The van der Waals surface area contributed by atoms with E-state index in [1.54, 1.807) is 0 Å². The van der Waals surface area contributed by atoms with E-state index in [2.05, 4.69) is 40.6 Å². The topological polar surface area (TPSA) is 32.3 Å². The Labute approximate surface area is 164 Å². The van der Waals surface area contributed by atoms with Crippen molar-refractivity contribution in [3.05, 3.63) is 47.0 Å². The van der Waals surface area contributed by atoms with Crippen molar-refractivity contribution in [2.24, 2.45) is 5.92 Å². The van der Waals surface area contributed by atoms with E-state index in [9.17, 15) is 4.79 Å². The monoisotopic (exact) mass is 366 g/mol. The van der Waals surface area contributed by atoms with Gasteiger partial charge in [0.2, 0.25) is 5.91 Å². The lowest BCUT2D eigenvalue weighted by atomic mass is 9.77.